The van der Waals surface area contributed by atoms with Crippen molar-refractivity contribution in [2.24, 2.45) is 0 Å². The van der Waals surface area contributed by atoms with E-state index in [1.807, 2.05) is 23.2 Å². The molecule has 5 heteroatoms. The van der Waals surface area contributed by atoms with Gasteiger partial charge in [-0.2, -0.15) is 0 Å². The molecule has 2 N–H and O–H groups in total. The minimum absolute atomic E-state index is 0.114. The number of carbonyl (C=O) groups excluding carboxylic acids is 1. The molecule has 0 aromatic carbocycles. The van der Waals surface area contributed by atoms with Crippen LogP contribution in [0, 0.1) is 0 Å². The van der Waals surface area contributed by atoms with Crippen LogP contribution in [0.1, 0.15) is 30.9 Å². The normalized spacial score (nSPS) is 30.8. The summed E-state index contributed by atoms with van der Waals surface area (Å²) in [6, 6.07) is 3.85. The van der Waals surface area contributed by atoms with E-state index < -0.39 is 6.10 Å². The summed E-state index contributed by atoms with van der Waals surface area (Å²) < 4.78 is 0. The molecule has 1 amide bonds. The topological polar surface area (TPSA) is 65.5 Å². The van der Waals surface area contributed by atoms with Crippen molar-refractivity contribution in [1.29, 1.82) is 0 Å². The third-order valence-corrected chi connectivity index (χ3v) is 4.01. The van der Waals surface area contributed by atoms with Crippen molar-refractivity contribution in [3.05, 3.63) is 30.1 Å². The first-order valence-electron chi connectivity index (χ1n) is 6.87. The Morgan fingerprint density at radius 3 is 3.11 bits per heavy atom. The van der Waals surface area contributed by atoms with Gasteiger partial charge >= 0.3 is 0 Å². The molecular formula is C14H19N3O2. The lowest BCUT2D eigenvalue weighted by Crippen LogP contribution is -2.43. The van der Waals surface area contributed by atoms with Crippen molar-refractivity contribution < 1.29 is 9.90 Å². The van der Waals surface area contributed by atoms with Crippen LogP contribution in [-0.4, -0.2) is 46.1 Å². The Bertz CT molecular complexity index is 451. The van der Waals surface area contributed by atoms with Crippen LogP contribution < -0.4 is 5.32 Å². The summed E-state index contributed by atoms with van der Waals surface area (Å²) in [7, 11) is 0. The third kappa shape index (κ3) is 2.48. The van der Waals surface area contributed by atoms with Crippen molar-refractivity contribution in [2.45, 2.75) is 37.5 Å². The molecule has 3 heterocycles. The Kier molecular flexibility index (Phi) is 3.48. The van der Waals surface area contributed by atoms with E-state index in [9.17, 15) is 9.90 Å². The van der Waals surface area contributed by atoms with Crippen LogP contribution >= 0.6 is 0 Å². The number of pyridine rings is 1. The molecular weight excluding hydrogens is 242 g/mol. The molecule has 0 bridgehead atoms. The van der Waals surface area contributed by atoms with Gasteiger partial charge in [0.15, 0.2) is 0 Å². The predicted molar refractivity (Wildman–Crippen MR) is 70.3 cm³/mol. The van der Waals surface area contributed by atoms with Crippen LogP contribution in [0.2, 0.25) is 0 Å². The summed E-state index contributed by atoms with van der Waals surface area (Å²) in [4.78, 5) is 18.6. The number of rotatable bonds is 2. The molecule has 2 saturated heterocycles. The molecule has 0 spiro atoms. The lowest BCUT2D eigenvalue weighted by molar-refractivity contribution is -0.134. The molecule has 3 unspecified atom stereocenters. The van der Waals surface area contributed by atoms with Crippen LogP contribution in [0.5, 0.6) is 0 Å². The highest BCUT2D eigenvalue weighted by atomic mass is 16.3. The van der Waals surface area contributed by atoms with E-state index in [-0.39, 0.29) is 18.0 Å². The molecule has 1 aromatic rings. The maximum Gasteiger partial charge on any atom is 0.240 e. The lowest BCUT2D eigenvalue weighted by atomic mass is 10.1. The monoisotopic (exact) mass is 261 g/mol. The molecule has 0 aliphatic carbocycles. The van der Waals surface area contributed by atoms with E-state index in [2.05, 4.69) is 10.3 Å². The summed E-state index contributed by atoms with van der Waals surface area (Å²) >= 11 is 0. The van der Waals surface area contributed by atoms with Gasteiger partial charge in [0.25, 0.3) is 0 Å². The van der Waals surface area contributed by atoms with Crippen molar-refractivity contribution in [3.8, 4) is 0 Å². The fraction of sp³-hybridized carbons (Fsp3) is 0.571. The Morgan fingerprint density at radius 2 is 2.42 bits per heavy atom. The Hall–Kier alpha value is -1.46. The first-order chi connectivity index (χ1) is 9.25. The number of carbonyl (C=O) groups is 1. The molecule has 0 radical (unpaired) electrons. The number of β-amino-alcohol motifs (C(OH)–C–C–N with tert-alkyl or cyclic N) is 1. The number of nitrogens with one attached hydrogen (secondary N) is 1. The summed E-state index contributed by atoms with van der Waals surface area (Å²) in [5.74, 6) is 0.114. The van der Waals surface area contributed by atoms with E-state index in [1.165, 1.54) is 0 Å². The average molecular weight is 261 g/mol. The van der Waals surface area contributed by atoms with Gasteiger partial charge in [0, 0.05) is 25.5 Å². The molecule has 2 aliphatic rings. The minimum atomic E-state index is -0.395. The fourth-order valence-corrected chi connectivity index (χ4v) is 3.06. The molecule has 1 aromatic heterocycles. The van der Waals surface area contributed by atoms with Gasteiger partial charge in [0.05, 0.1) is 18.2 Å². The van der Waals surface area contributed by atoms with E-state index in [0.29, 0.717) is 13.0 Å². The van der Waals surface area contributed by atoms with Gasteiger partial charge < -0.3 is 15.3 Å². The van der Waals surface area contributed by atoms with E-state index >= 15 is 0 Å². The van der Waals surface area contributed by atoms with Crippen LogP contribution in [0.15, 0.2) is 24.5 Å². The number of aliphatic hydroxyl groups excluding tert-OH is 1. The molecule has 2 aliphatic heterocycles. The van der Waals surface area contributed by atoms with Crippen molar-refractivity contribution in [2.75, 3.05) is 13.1 Å². The van der Waals surface area contributed by atoms with Gasteiger partial charge in [-0.25, -0.2) is 0 Å². The highest BCUT2D eigenvalue weighted by Crippen LogP contribution is 2.32. The second-order valence-corrected chi connectivity index (χ2v) is 5.33. The minimum Gasteiger partial charge on any atom is -0.392 e. The molecule has 3 atom stereocenters. The molecule has 0 saturated carbocycles. The number of aliphatic hydroxyl groups is 1. The van der Waals surface area contributed by atoms with Crippen LogP contribution in [0.25, 0.3) is 0 Å². The first kappa shape index (κ1) is 12.6. The smallest absolute Gasteiger partial charge is 0.240 e. The Morgan fingerprint density at radius 1 is 1.53 bits per heavy atom. The SMILES string of the molecule is O=C(C1CC(O)CN1)N1CCCC1c1cccnc1. The maximum absolute atomic E-state index is 12.5. The van der Waals surface area contributed by atoms with Gasteiger partial charge in [0.1, 0.15) is 0 Å². The zero-order valence-electron chi connectivity index (χ0n) is 10.8. The number of aromatic nitrogens is 1. The second-order valence-electron chi connectivity index (χ2n) is 5.33. The van der Waals surface area contributed by atoms with E-state index in [4.69, 9.17) is 0 Å². The maximum atomic E-state index is 12.5. The zero-order chi connectivity index (χ0) is 13.2. The van der Waals surface area contributed by atoms with Crippen LogP contribution in [-0.2, 0) is 4.79 Å². The average Bonchev–Trinajstić information content (AvgIpc) is 3.07. The fourth-order valence-electron chi connectivity index (χ4n) is 3.06. The highest BCUT2D eigenvalue weighted by molar-refractivity contribution is 5.83. The Labute approximate surface area is 112 Å². The van der Waals surface area contributed by atoms with E-state index in [0.717, 1.165) is 24.9 Å². The summed E-state index contributed by atoms with van der Waals surface area (Å²) in [6.45, 7) is 1.31. The largest absolute Gasteiger partial charge is 0.392 e. The van der Waals surface area contributed by atoms with Gasteiger partial charge in [-0.3, -0.25) is 9.78 Å². The number of hydrogen-bond acceptors (Lipinski definition) is 4. The summed E-state index contributed by atoms with van der Waals surface area (Å²) in [6.07, 6.45) is 5.74. The number of likely N-dealkylation sites (tertiary alicyclic amines) is 1. The zero-order valence-corrected chi connectivity index (χ0v) is 10.8. The van der Waals surface area contributed by atoms with Gasteiger partial charge in [0.2, 0.25) is 5.91 Å². The molecule has 5 nitrogen and oxygen atoms in total. The lowest BCUT2D eigenvalue weighted by Gasteiger charge is -2.27. The molecule has 102 valence electrons. The quantitative estimate of drug-likeness (QED) is 0.812. The van der Waals surface area contributed by atoms with Gasteiger partial charge in [-0.15, -0.1) is 0 Å². The van der Waals surface area contributed by atoms with Crippen molar-refractivity contribution >= 4 is 5.91 Å². The number of hydrogen-bond donors (Lipinski definition) is 2. The number of nitrogens with zero attached hydrogens (tertiary/aromatic N) is 2. The van der Waals surface area contributed by atoms with Gasteiger partial charge in [-0.05, 0) is 30.9 Å². The molecule has 2 fully saturated rings. The van der Waals surface area contributed by atoms with Crippen molar-refractivity contribution in [1.82, 2.24) is 15.2 Å². The second kappa shape index (κ2) is 5.27. The number of amides is 1. The predicted octanol–water partition coefficient (Wildman–Crippen LogP) is 0.468. The molecule has 3 rings (SSSR count). The van der Waals surface area contributed by atoms with Crippen molar-refractivity contribution in [3.63, 3.8) is 0 Å². The van der Waals surface area contributed by atoms with E-state index in [1.54, 1.807) is 6.20 Å². The Balaban J connectivity index is 1.74. The van der Waals surface area contributed by atoms with Crippen LogP contribution in [0.4, 0.5) is 0 Å². The standard InChI is InChI=1S/C14H19N3O2/c18-11-7-12(16-9-11)14(19)17-6-2-4-13(17)10-3-1-5-15-8-10/h1,3,5,8,11-13,16,18H,2,4,6-7,9H2. The van der Waals surface area contributed by atoms with Gasteiger partial charge in [-0.1, -0.05) is 6.07 Å². The molecule has 19 heavy (non-hydrogen) atoms. The highest BCUT2D eigenvalue weighted by Gasteiger charge is 2.36. The first-order valence-corrected chi connectivity index (χ1v) is 6.87. The summed E-state index contributed by atoms with van der Waals surface area (Å²) in [5, 5.41) is 12.6. The third-order valence-electron chi connectivity index (χ3n) is 4.01. The summed E-state index contributed by atoms with van der Waals surface area (Å²) in [5.41, 5.74) is 1.10. The van der Waals surface area contributed by atoms with Crippen LogP contribution in [0.3, 0.4) is 0 Å².